The Kier molecular flexibility index (Phi) is 7.75. The van der Waals surface area contributed by atoms with Crippen molar-refractivity contribution >= 4 is 63.8 Å². The van der Waals surface area contributed by atoms with E-state index < -0.39 is 6.10 Å². The van der Waals surface area contributed by atoms with E-state index in [2.05, 4.69) is 15.6 Å². The highest BCUT2D eigenvalue weighted by atomic mass is 127. The van der Waals surface area contributed by atoms with Crippen LogP contribution in [0.2, 0.25) is 4.34 Å². The number of hydrogen-bond acceptors (Lipinski definition) is 4. The predicted molar refractivity (Wildman–Crippen MR) is 119 cm³/mol. The predicted octanol–water partition coefficient (Wildman–Crippen LogP) is 4.73. The molecule has 0 saturated carbocycles. The molecular weight excluding hydrogens is 485 g/mol. The molecule has 2 heterocycles. The molecule has 0 saturated heterocycles. The van der Waals surface area contributed by atoms with Crippen molar-refractivity contribution in [1.82, 2.24) is 10.6 Å². The summed E-state index contributed by atoms with van der Waals surface area (Å²) in [6, 6.07) is 13.5. The number of para-hydroxylation sites is 1. The fourth-order valence-corrected chi connectivity index (χ4v) is 3.53. The second kappa shape index (κ2) is 9.59. The lowest BCUT2D eigenvalue weighted by atomic mass is 10.2. The van der Waals surface area contributed by atoms with Gasteiger partial charge < -0.3 is 20.2 Å². The van der Waals surface area contributed by atoms with E-state index >= 15 is 0 Å². The lowest BCUT2D eigenvalue weighted by Crippen LogP contribution is -2.40. The van der Waals surface area contributed by atoms with Crippen molar-refractivity contribution in [3.63, 3.8) is 0 Å². The number of aliphatic hydroxyl groups excluding tert-OH is 1. The maximum Gasteiger partial charge on any atom is 0.191 e. The Morgan fingerprint density at radius 3 is 2.73 bits per heavy atom. The van der Waals surface area contributed by atoms with E-state index in [1.807, 2.05) is 43.3 Å². The summed E-state index contributed by atoms with van der Waals surface area (Å²) in [5, 5.41) is 17.7. The quantitative estimate of drug-likeness (QED) is 0.266. The minimum atomic E-state index is -0.641. The number of furan rings is 1. The highest BCUT2D eigenvalue weighted by molar-refractivity contribution is 14.0. The molecule has 0 spiro atoms. The van der Waals surface area contributed by atoms with Crippen molar-refractivity contribution in [1.29, 1.82) is 0 Å². The second-order valence-corrected chi connectivity index (χ2v) is 7.41. The van der Waals surface area contributed by atoms with Crippen LogP contribution in [0.5, 0.6) is 0 Å². The number of benzene rings is 1. The van der Waals surface area contributed by atoms with E-state index in [4.69, 9.17) is 16.0 Å². The summed E-state index contributed by atoms with van der Waals surface area (Å²) in [7, 11) is 1.69. The van der Waals surface area contributed by atoms with Crippen molar-refractivity contribution in [2.75, 3.05) is 13.6 Å². The number of rotatable bonds is 5. The van der Waals surface area contributed by atoms with E-state index in [0.29, 0.717) is 16.8 Å². The first-order valence-corrected chi connectivity index (χ1v) is 9.15. The molecule has 3 aromatic rings. The molecule has 0 fully saturated rings. The standard InChI is InChI=1S/C18H20ClN3O2S.HI/c1-11(15-9-12-5-3-4-6-14(12)24-15)22-18(20-2)21-10-13(23)16-7-8-17(19)25-16;/h3-9,11,13,23H,10H2,1-2H3,(H2,20,21,22);1H. The lowest BCUT2D eigenvalue weighted by Gasteiger charge is -2.17. The van der Waals surface area contributed by atoms with Gasteiger partial charge in [0.05, 0.1) is 10.4 Å². The average Bonchev–Trinajstić information content (AvgIpc) is 3.24. The van der Waals surface area contributed by atoms with Gasteiger partial charge in [-0.05, 0) is 31.2 Å². The number of nitrogens with one attached hydrogen (secondary N) is 2. The van der Waals surface area contributed by atoms with Gasteiger partial charge in [-0.15, -0.1) is 35.3 Å². The molecule has 140 valence electrons. The molecule has 0 aliphatic heterocycles. The molecule has 2 unspecified atom stereocenters. The summed E-state index contributed by atoms with van der Waals surface area (Å²) in [5.74, 6) is 1.42. The van der Waals surface area contributed by atoms with E-state index in [1.165, 1.54) is 11.3 Å². The fourth-order valence-electron chi connectivity index (χ4n) is 2.49. The zero-order valence-corrected chi connectivity index (χ0v) is 18.3. The molecule has 2 aromatic heterocycles. The van der Waals surface area contributed by atoms with Crippen molar-refractivity contribution in [2.45, 2.75) is 19.1 Å². The van der Waals surface area contributed by atoms with E-state index in [9.17, 15) is 5.11 Å². The number of halogens is 2. The van der Waals surface area contributed by atoms with Crippen LogP contribution in [0.15, 0.2) is 51.9 Å². The monoisotopic (exact) mass is 505 g/mol. The third kappa shape index (κ3) is 5.12. The van der Waals surface area contributed by atoms with E-state index in [0.717, 1.165) is 21.6 Å². The molecule has 2 atom stereocenters. The summed E-state index contributed by atoms with van der Waals surface area (Å²) in [5.41, 5.74) is 0.860. The van der Waals surface area contributed by atoms with Crippen LogP contribution in [0.4, 0.5) is 0 Å². The number of hydrogen-bond donors (Lipinski definition) is 3. The van der Waals surface area contributed by atoms with Crippen molar-refractivity contribution in [2.24, 2.45) is 4.99 Å². The summed E-state index contributed by atoms with van der Waals surface area (Å²) in [4.78, 5) is 5.02. The zero-order chi connectivity index (χ0) is 17.8. The maximum atomic E-state index is 10.2. The van der Waals surface area contributed by atoms with Crippen LogP contribution in [0, 0.1) is 0 Å². The molecular formula is C18H21ClIN3O2S. The smallest absolute Gasteiger partial charge is 0.191 e. The molecule has 5 nitrogen and oxygen atoms in total. The van der Waals surface area contributed by atoms with Gasteiger partial charge >= 0.3 is 0 Å². The third-order valence-electron chi connectivity index (χ3n) is 3.83. The number of aliphatic imine (C=N–C) groups is 1. The summed E-state index contributed by atoms with van der Waals surface area (Å²) >= 11 is 7.27. The molecule has 1 aromatic carbocycles. The Hall–Kier alpha value is -1.29. The second-order valence-electron chi connectivity index (χ2n) is 5.66. The Morgan fingerprint density at radius 2 is 2.08 bits per heavy atom. The van der Waals surface area contributed by atoms with Crippen LogP contribution < -0.4 is 10.6 Å². The summed E-state index contributed by atoms with van der Waals surface area (Å²) < 4.78 is 6.53. The van der Waals surface area contributed by atoms with Crippen LogP contribution in [0.1, 0.15) is 29.7 Å². The Labute approximate surface area is 178 Å². The van der Waals surface area contributed by atoms with Crippen LogP contribution in [-0.4, -0.2) is 24.7 Å². The third-order valence-corrected chi connectivity index (χ3v) is 5.17. The average molecular weight is 506 g/mol. The number of nitrogens with zero attached hydrogens (tertiary/aromatic N) is 1. The normalized spacial score (nSPS) is 13.9. The Balaban J connectivity index is 0.00000243. The molecule has 0 radical (unpaired) electrons. The van der Waals surface area contributed by atoms with E-state index in [1.54, 1.807) is 13.1 Å². The number of thiophene rings is 1. The van der Waals surface area contributed by atoms with Crippen LogP contribution >= 0.6 is 46.9 Å². The minimum absolute atomic E-state index is 0. The summed E-state index contributed by atoms with van der Waals surface area (Å²) in [6.07, 6.45) is -0.641. The number of guanidine groups is 1. The fraction of sp³-hybridized carbons (Fsp3) is 0.278. The molecule has 0 bridgehead atoms. The van der Waals surface area contributed by atoms with Crippen LogP contribution in [-0.2, 0) is 0 Å². The Morgan fingerprint density at radius 1 is 1.31 bits per heavy atom. The van der Waals surface area contributed by atoms with Crippen molar-refractivity contribution in [3.8, 4) is 0 Å². The first-order chi connectivity index (χ1) is 12.1. The SMILES string of the molecule is CN=C(NCC(O)c1ccc(Cl)s1)NC(C)c1cc2ccccc2o1.I. The van der Waals surface area contributed by atoms with Gasteiger partial charge in [-0.25, -0.2) is 0 Å². The number of fused-ring (bicyclic) bond motifs is 1. The number of aliphatic hydroxyl groups is 1. The minimum Gasteiger partial charge on any atom is -0.459 e. The van der Waals surface area contributed by atoms with Gasteiger partial charge in [-0.1, -0.05) is 29.8 Å². The van der Waals surface area contributed by atoms with Gasteiger partial charge in [-0.2, -0.15) is 0 Å². The topological polar surface area (TPSA) is 69.8 Å². The van der Waals surface area contributed by atoms with Gasteiger partial charge in [-0.3, -0.25) is 4.99 Å². The summed E-state index contributed by atoms with van der Waals surface area (Å²) in [6.45, 7) is 2.34. The highest BCUT2D eigenvalue weighted by Crippen LogP contribution is 2.26. The van der Waals surface area contributed by atoms with Gasteiger partial charge in [0, 0.05) is 23.9 Å². The molecule has 26 heavy (non-hydrogen) atoms. The highest BCUT2D eigenvalue weighted by Gasteiger charge is 2.15. The maximum absolute atomic E-state index is 10.2. The zero-order valence-electron chi connectivity index (χ0n) is 14.4. The molecule has 0 aliphatic rings. The molecule has 3 rings (SSSR count). The van der Waals surface area contributed by atoms with Gasteiger partial charge in [0.25, 0.3) is 0 Å². The van der Waals surface area contributed by atoms with Gasteiger partial charge in [0.2, 0.25) is 0 Å². The Bertz CT molecular complexity index is 847. The van der Waals surface area contributed by atoms with Crippen molar-refractivity contribution < 1.29 is 9.52 Å². The van der Waals surface area contributed by atoms with Gasteiger partial charge in [0.15, 0.2) is 5.96 Å². The van der Waals surface area contributed by atoms with Crippen LogP contribution in [0.3, 0.4) is 0 Å². The molecule has 8 heteroatoms. The lowest BCUT2D eigenvalue weighted by molar-refractivity contribution is 0.184. The van der Waals surface area contributed by atoms with Crippen molar-refractivity contribution in [3.05, 3.63) is 57.4 Å². The molecule has 3 N–H and O–H groups in total. The van der Waals surface area contributed by atoms with E-state index in [-0.39, 0.29) is 30.0 Å². The molecule has 0 aliphatic carbocycles. The largest absolute Gasteiger partial charge is 0.459 e. The van der Waals surface area contributed by atoms with Crippen LogP contribution in [0.25, 0.3) is 11.0 Å². The van der Waals surface area contributed by atoms with Gasteiger partial charge in [0.1, 0.15) is 17.4 Å². The first-order valence-electron chi connectivity index (χ1n) is 7.96. The first kappa shape index (κ1) is 21.0. The molecule has 0 amide bonds.